The van der Waals surface area contributed by atoms with E-state index in [1.165, 1.54) is 12.1 Å². The summed E-state index contributed by atoms with van der Waals surface area (Å²) in [6, 6.07) is 14.8. The molecule has 23 heavy (non-hydrogen) atoms. The Hall–Kier alpha value is -2.27. The molecule has 0 amide bonds. The Bertz CT molecular complexity index is 757. The third kappa shape index (κ3) is 3.56. The zero-order valence-electron chi connectivity index (χ0n) is 12.5. The molecule has 2 aromatic carbocycles. The monoisotopic (exact) mass is 319 g/mol. The van der Waals surface area contributed by atoms with E-state index in [4.69, 9.17) is 4.42 Å². The molecule has 0 radical (unpaired) electrons. The van der Waals surface area contributed by atoms with Crippen molar-refractivity contribution < 1.29 is 17.6 Å². The van der Waals surface area contributed by atoms with E-state index in [1.54, 1.807) is 0 Å². The second-order valence-corrected chi connectivity index (χ2v) is 5.47. The lowest BCUT2D eigenvalue weighted by Gasteiger charge is -2.14. The zero-order chi connectivity index (χ0) is 16.4. The maximum atomic E-state index is 12.6. The number of furan rings is 1. The molecule has 1 unspecified atom stereocenters. The minimum atomic E-state index is -4.30. The van der Waals surface area contributed by atoms with Gasteiger partial charge in [-0.05, 0) is 36.8 Å². The molecule has 0 spiro atoms. The van der Waals surface area contributed by atoms with Crippen LogP contribution >= 0.6 is 0 Å². The number of halogens is 3. The molecule has 0 saturated carbocycles. The maximum Gasteiger partial charge on any atom is 0.416 e. The summed E-state index contributed by atoms with van der Waals surface area (Å²) in [7, 11) is 0. The molecule has 5 heteroatoms. The predicted molar refractivity (Wildman–Crippen MR) is 82.9 cm³/mol. The molecule has 3 aromatic rings. The van der Waals surface area contributed by atoms with E-state index >= 15 is 0 Å². The van der Waals surface area contributed by atoms with Crippen molar-refractivity contribution in [3.05, 3.63) is 71.5 Å². The second-order valence-electron chi connectivity index (χ2n) is 5.47. The fourth-order valence-electron chi connectivity index (χ4n) is 2.46. The molecule has 1 atom stereocenters. The number of hydrogen-bond donors (Lipinski definition) is 1. The van der Waals surface area contributed by atoms with Crippen molar-refractivity contribution >= 4 is 11.0 Å². The number of rotatable bonds is 4. The molecule has 0 aliphatic carbocycles. The predicted octanol–water partition coefficient (Wildman–Crippen LogP) is 5.30. The first-order chi connectivity index (χ1) is 10.9. The van der Waals surface area contributed by atoms with E-state index in [-0.39, 0.29) is 6.04 Å². The number of nitrogens with one attached hydrogen (secondary N) is 1. The third-order valence-corrected chi connectivity index (χ3v) is 3.80. The van der Waals surface area contributed by atoms with Crippen molar-refractivity contribution in [1.29, 1.82) is 0 Å². The summed E-state index contributed by atoms with van der Waals surface area (Å²) in [5, 5.41) is 4.29. The van der Waals surface area contributed by atoms with Crippen LogP contribution < -0.4 is 5.32 Å². The van der Waals surface area contributed by atoms with Crippen LogP contribution in [0.1, 0.15) is 29.9 Å². The van der Waals surface area contributed by atoms with Gasteiger partial charge in [0.25, 0.3) is 0 Å². The van der Waals surface area contributed by atoms with Crippen LogP contribution in [0.2, 0.25) is 0 Å². The van der Waals surface area contributed by atoms with Crippen molar-refractivity contribution in [3.8, 4) is 0 Å². The second kappa shape index (κ2) is 6.08. The van der Waals surface area contributed by atoms with Crippen molar-refractivity contribution in [3.63, 3.8) is 0 Å². The summed E-state index contributed by atoms with van der Waals surface area (Å²) in [5.74, 6) is 0.796. The highest BCUT2D eigenvalue weighted by molar-refractivity contribution is 5.77. The van der Waals surface area contributed by atoms with Gasteiger partial charge in [-0.15, -0.1) is 0 Å². The first kappa shape index (κ1) is 15.6. The highest BCUT2D eigenvalue weighted by Gasteiger charge is 2.30. The van der Waals surface area contributed by atoms with Crippen LogP contribution in [-0.4, -0.2) is 0 Å². The molecule has 3 rings (SSSR count). The average Bonchev–Trinajstić information content (AvgIpc) is 2.95. The molecule has 2 nitrogen and oxygen atoms in total. The highest BCUT2D eigenvalue weighted by Crippen LogP contribution is 2.30. The molecule has 1 N–H and O–H groups in total. The minimum Gasteiger partial charge on any atom is -0.460 e. The first-order valence-corrected chi connectivity index (χ1v) is 7.31. The molecule has 0 aliphatic rings. The van der Waals surface area contributed by atoms with Crippen LogP contribution in [0.4, 0.5) is 13.2 Å². The van der Waals surface area contributed by atoms with Gasteiger partial charge in [-0.1, -0.05) is 30.3 Å². The fraction of sp³-hybridized carbons (Fsp3) is 0.222. The van der Waals surface area contributed by atoms with Gasteiger partial charge in [0, 0.05) is 11.4 Å². The Morgan fingerprint density at radius 2 is 1.74 bits per heavy atom. The largest absolute Gasteiger partial charge is 0.460 e. The molecule has 0 aliphatic heterocycles. The Kier molecular flexibility index (Phi) is 4.13. The van der Waals surface area contributed by atoms with E-state index < -0.39 is 11.7 Å². The SMILES string of the molecule is CC(NCc1cc2ccccc2o1)c1ccc(C(F)(F)F)cc1. The number of alkyl halides is 3. The molecule has 0 bridgehead atoms. The highest BCUT2D eigenvalue weighted by atomic mass is 19.4. The smallest absolute Gasteiger partial charge is 0.416 e. The van der Waals surface area contributed by atoms with Gasteiger partial charge in [0.05, 0.1) is 12.1 Å². The van der Waals surface area contributed by atoms with Gasteiger partial charge in [-0.3, -0.25) is 0 Å². The number of benzene rings is 2. The van der Waals surface area contributed by atoms with E-state index in [9.17, 15) is 13.2 Å². The van der Waals surface area contributed by atoms with Crippen molar-refractivity contribution in [2.45, 2.75) is 25.7 Å². The molecule has 0 fully saturated rings. The lowest BCUT2D eigenvalue weighted by Crippen LogP contribution is -2.18. The molecule has 0 saturated heterocycles. The van der Waals surface area contributed by atoms with Crippen LogP contribution in [0, 0.1) is 0 Å². The fourth-order valence-corrected chi connectivity index (χ4v) is 2.46. The maximum absolute atomic E-state index is 12.6. The van der Waals surface area contributed by atoms with E-state index in [0.717, 1.165) is 34.4 Å². The Morgan fingerprint density at radius 3 is 2.39 bits per heavy atom. The molecular weight excluding hydrogens is 303 g/mol. The number of fused-ring (bicyclic) bond motifs is 1. The Balaban J connectivity index is 1.65. The summed E-state index contributed by atoms with van der Waals surface area (Å²) in [6.45, 7) is 2.42. The summed E-state index contributed by atoms with van der Waals surface area (Å²) >= 11 is 0. The van der Waals surface area contributed by atoms with Gasteiger partial charge in [-0.25, -0.2) is 0 Å². The van der Waals surface area contributed by atoms with E-state index in [2.05, 4.69) is 5.32 Å². The summed E-state index contributed by atoms with van der Waals surface area (Å²) in [5.41, 5.74) is 0.992. The molecule has 120 valence electrons. The number of hydrogen-bond acceptors (Lipinski definition) is 2. The Labute approximate surface area is 131 Å². The lowest BCUT2D eigenvalue weighted by molar-refractivity contribution is -0.137. The first-order valence-electron chi connectivity index (χ1n) is 7.31. The van der Waals surface area contributed by atoms with Crippen LogP contribution in [0.15, 0.2) is 59.0 Å². The summed E-state index contributed by atoms with van der Waals surface area (Å²) in [6.07, 6.45) is -4.30. The van der Waals surface area contributed by atoms with Crippen LogP contribution in [0.5, 0.6) is 0 Å². The third-order valence-electron chi connectivity index (χ3n) is 3.80. The standard InChI is InChI=1S/C18H16F3NO/c1-12(13-6-8-15(9-7-13)18(19,20)21)22-11-16-10-14-4-2-3-5-17(14)23-16/h2-10,12,22H,11H2,1H3. The average molecular weight is 319 g/mol. The van der Waals surface area contributed by atoms with Crippen LogP contribution in [0.25, 0.3) is 11.0 Å². The Morgan fingerprint density at radius 1 is 1.04 bits per heavy atom. The van der Waals surface area contributed by atoms with Gasteiger partial charge in [-0.2, -0.15) is 13.2 Å². The van der Waals surface area contributed by atoms with Crippen molar-refractivity contribution in [2.75, 3.05) is 0 Å². The topological polar surface area (TPSA) is 25.2 Å². The van der Waals surface area contributed by atoms with Gasteiger partial charge >= 0.3 is 6.18 Å². The number of para-hydroxylation sites is 1. The van der Waals surface area contributed by atoms with Crippen LogP contribution in [0.3, 0.4) is 0 Å². The van der Waals surface area contributed by atoms with E-state index in [1.807, 2.05) is 37.3 Å². The van der Waals surface area contributed by atoms with Gasteiger partial charge in [0.2, 0.25) is 0 Å². The van der Waals surface area contributed by atoms with Crippen molar-refractivity contribution in [2.24, 2.45) is 0 Å². The zero-order valence-corrected chi connectivity index (χ0v) is 12.5. The molecular formula is C18H16F3NO. The normalized spacial score (nSPS) is 13.4. The summed E-state index contributed by atoms with van der Waals surface area (Å²) < 4.78 is 43.4. The van der Waals surface area contributed by atoms with E-state index in [0.29, 0.717) is 6.54 Å². The molecule has 1 heterocycles. The minimum absolute atomic E-state index is 0.0782. The van der Waals surface area contributed by atoms with Crippen LogP contribution in [-0.2, 0) is 12.7 Å². The quantitative estimate of drug-likeness (QED) is 0.705. The lowest BCUT2D eigenvalue weighted by atomic mass is 10.1. The van der Waals surface area contributed by atoms with Crippen molar-refractivity contribution in [1.82, 2.24) is 5.32 Å². The molecule has 1 aromatic heterocycles. The summed E-state index contributed by atoms with van der Waals surface area (Å²) in [4.78, 5) is 0. The van der Waals surface area contributed by atoms with Gasteiger partial charge in [0.1, 0.15) is 11.3 Å². The van der Waals surface area contributed by atoms with Gasteiger partial charge < -0.3 is 9.73 Å². The van der Waals surface area contributed by atoms with Gasteiger partial charge in [0.15, 0.2) is 0 Å².